The molecule has 1 N–H and O–H groups in total. The van der Waals surface area contributed by atoms with Gasteiger partial charge in [-0.1, -0.05) is 12.1 Å². The van der Waals surface area contributed by atoms with E-state index in [1.165, 1.54) is 12.1 Å². The van der Waals surface area contributed by atoms with E-state index in [1.54, 1.807) is 0 Å². The Labute approximate surface area is 133 Å². The molecule has 0 bridgehead atoms. The second-order valence-electron chi connectivity index (χ2n) is 6.48. The zero-order valence-electron chi connectivity index (χ0n) is 13.1. The monoisotopic (exact) mass is 326 g/mol. The highest BCUT2D eigenvalue weighted by Crippen LogP contribution is 2.49. The highest BCUT2D eigenvalue weighted by Gasteiger charge is 2.46. The number of alkyl halides is 3. The van der Waals surface area contributed by atoms with Crippen molar-refractivity contribution in [3.05, 3.63) is 35.4 Å². The predicted octanol–water partition coefficient (Wildman–Crippen LogP) is 3.02. The average molecular weight is 326 g/mol. The predicted molar refractivity (Wildman–Crippen MR) is 81.0 cm³/mol. The molecule has 1 saturated heterocycles. The number of carbonyl (C=O) groups is 1. The molecule has 1 aliphatic heterocycles. The van der Waals surface area contributed by atoms with E-state index in [0.717, 1.165) is 50.0 Å². The van der Waals surface area contributed by atoms with Gasteiger partial charge in [0.15, 0.2) is 0 Å². The Kier molecular flexibility index (Phi) is 4.36. The topological polar surface area (TPSA) is 32.3 Å². The standard InChI is InChI=1S/C17H21F3N2O/c1-21-13-3-2-8-22(10-13)16(23)15-9-14(15)11-4-6-12(7-5-11)17(18,19)20/h4-7,13-15,21H,2-3,8-10H2,1H3/t13-,14+,15+/m1/s1. The molecular formula is C17H21F3N2O. The Morgan fingerprint density at radius 3 is 2.57 bits per heavy atom. The van der Waals surface area contributed by atoms with Crippen molar-refractivity contribution >= 4 is 5.91 Å². The molecule has 0 radical (unpaired) electrons. The summed E-state index contributed by atoms with van der Waals surface area (Å²) >= 11 is 0. The molecule has 1 saturated carbocycles. The number of benzene rings is 1. The molecule has 3 nitrogen and oxygen atoms in total. The first kappa shape index (κ1) is 16.3. The third kappa shape index (κ3) is 3.52. The summed E-state index contributed by atoms with van der Waals surface area (Å²) in [4.78, 5) is 14.5. The first-order valence-corrected chi connectivity index (χ1v) is 8.03. The third-order valence-corrected chi connectivity index (χ3v) is 4.92. The van der Waals surface area contributed by atoms with Crippen LogP contribution in [0, 0.1) is 5.92 Å². The van der Waals surface area contributed by atoms with Gasteiger partial charge >= 0.3 is 6.18 Å². The summed E-state index contributed by atoms with van der Waals surface area (Å²) in [6, 6.07) is 5.57. The molecule has 126 valence electrons. The molecule has 6 heteroatoms. The Morgan fingerprint density at radius 2 is 1.96 bits per heavy atom. The third-order valence-electron chi connectivity index (χ3n) is 4.92. The fraction of sp³-hybridized carbons (Fsp3) is 0.588. The van der Waals surface area contributed by atoms with E-state index in [9.17, 15) is 18.0 Å². The summed E-state index contributed by atoms with van der Waals surface area (Å²) in [6.07, 6.45) is -1.50. The fourth-order valence-electron chi connectivity index (χ4n) is 3.40. The number of nitrogens with zero attached hydrogens (tertiary/aromatic N) is 1. The first-order chi connectivity index (χ1) is 10.9. The molecule has 3 atom stereocenters. The molecule has 1 aromatic rings. The van der Waals surface area contributed by atoms with Gasteiger partial charge in [0.25, 0.3) is 0 Å². The SMILES string of the molecule is CN[C@@H]1CCCN(C(=O)[C@H]2C[C@H]2c2ccc(C(F)(F)F)cc2)C1. The maximum atomic E-state index is 12.6. The summed E-state index contributed by atoms with van der Waals surface area (Å²) in [5, 5.41) is 3.21. The fourth-order valence-corrected chi connectivity index (χ4v) is 3.40. The molecule has 1 aromatic carbocycles. The molecular weight excluding hydrogens is 305 g/mol. The van der Waals surface area contributed by atoms with Crippen LogP contribution in [0.25, 0.3) is 0 Å². The van der Waals surface area contributed by atoms with Crippen LogP contribution in [0.5, 0.6) is 0 Å². The van der Waals surface area contributed by atoms with Crippen LogP contribution in [-0.4, -0.2) is 37.0 Å². The lowest BCUT2D eigenvalue weighted by Gasteiger charge is -2.32. The van der Waals surface area contributed by atoms with Crippen molar-refractivity contribution in [3.8, 4) is 0 Å². The minimum absolute atomic E-state index is 0.0673. The second kappa shape index (κ2) is 6.15. The largest absolute Gasteiger partial charge is 0.416 e. The number of piperidine rings is 1. The number of rotatable bonds is 3. The second-order valence-corrected chi connectivity index (χ2v) is 6.48. The van der Waals surface area contributed by atoms with E-state index < -0.39 is 11.7 Å². The summed E-state index contributed by atoms with van der Waals surface area (Å²) in [5.74, 6) is 0.150. The number of likely N-dealkylation sites (tertiary alicyclic amines) is 1. The molecule has 1 aliphatic carbocycles. The minimum Gasteiger partial charge on any atom is -0.341 e. The maximum Gasteiger partial charge on any atom is 0.416 e. The number of halogens is 3. The summed E-state index contributed by atoms with van der Waals surface area (Å²) < 4.78 is 37.8. The summed E-state index contributed by atoms with van der Waals surface area (Å²) in [6.45, 7) is 1.51. The van der Waals surface area contributed by atoms with Gasteiger partial charge < -0.3 is 10.2 Å². The summed E-state index contributed by atoms with van der Waals surface area (Å²) in [5.41, 5.74) is 0.191. The number of hydrogen-bond acceptors (Lipinski definition) is 2. The molecule has 23 heavy (non-hydrogen) atoms. The molecule has 2 aliphatic rings. The van der Waals surface area contributed by atoms with Crippen molar-refractivity contribution < 1.29 is 18.0 Å². The molecule has 2 fully saturated rings. The van der Waals surface area contributed by atoms with Crippen molar-refractivity contribution in [1.29, 1.82) is 0 Å². The van der Waals surface area contributed by atoms with E-state index in [1.807, 2.05) is 11.9 Å². The van der Waals surface area contributed by atoms with Crippen molar-refractivity contribution in [2.24, 2.45) is 5.92 Å². The lowest BCUT2D eigenvalue weighted by atomic mass is 10.0. The van der Waals surface area contributed by atoms with Gasteiger partial charge in [0.1, 0.15) is 0 Å². The van der Waals surface area contributed by atoms with Crippen LogP contribution in [0.2, 0.25) is 0 Å². The molecule has 1 heterocycles. The van der Waals surface area contributed by atoms with Gasteiger partial charge in [-0.25, -0.2) is 0 Å². The van der Waals surface area contributed by atoms with Gasteiger partial charge in [0.05, 0.1) is 5.56 Å². The zero-order valence-corrected chi connectivity index (χ0v) is 13.1. The van der Waals surface area contributed by atoms with Crippen molar-refractivity contribution in [2.75, 3.05) is 20.1 Å². The minimum atomic E-state index is -4.31. The van der Waals surface area contributed by atoms with Crippen LogP contribution >= 0.6 is 0 Å². The van der Waals surface area contributed by atoms with Crippen LogP contribution in [0.4, 0.5) is 13.2 Å². The van der Waals surface area contributed by atoms with E-state index in [2.05, 4.69) is 5.32 Å². The van der Waals surface area contributed by atoms with E-state index in [0.29, 0.717) is 6.04 Å². The Balaban J connectivity index is 1.61. The zero-order chi connectivity index (χ0) is 16.6. The van der Waals surface area contributed by atoms with Crippen LogP contribution in [0.3, 0.4) is 0 Å². The Hall–Kier alpha value is -1.56. The number of amides is 1. The first-order valence-electron chi connectivity index (χ1n) is 8.03. The van der Waals surface area contributed by atoms with Crippen LogP contribution in [0.1, 0.15) is 36.3 Å². The van der Waals surface area contributed by atoms with Crippen molar-refractivity contribution in [2.45, 2.75) is 37.4 Å². The Morgan fingerprint density at radius 1 is 1.26 bits per heavy atom. The van der Waals surface area contributed by atoms with Crippen LogP contribution < -0.4 is 5.32 Å². The lowest BCUT2D eigenvalue weighted by molar-refractivity contribution is -0.137. The average Bonchev–Trinajstić information content (AvgIpc) is 3.34. The lowest BCUT2D eigenvalue weighted by Crippen LogP contribution is -2.47. The quantitative estimate of drug-likeness (QED) is 0.926. The van der Waals surface area contributed by atoms with Gasteiger partial charge in [-0.3, -0.25) is 4.79 Å². The van der Waals surface area contributed by atoms with Crippen molar-refractivity contribution in [3.63, 3.8) is 0 Å². The number of likely N-dealkylation sites (N-methyl/N-ethyl adjacent to an activating group) is 1. The molecule has 1 amide bonds. The maximum absolute atomic E-state index is 12.6. The smallest absolute Gasteiger partial charge is 0.341 e. The molecule has 0 unspecified atom stereocenters. The van der Waals surface area contributed by atoms with E-state index >= 15 is 0 Å². The van der Waals surface area contributed by atoms with Crippen molar-refractivity contribution in [1.82, 2.24) is 10.2 Å². The van der Waals surface area contributed by atoms with Crippen LogP contribution in [0.15, 0.2) is 24.3 Å². The molecule has 0 spiro atoms. The van der Waals surface area contributed by atoms with Gasteiger partial charge in [-0.15, -0.1) is 0 Å². The normalized spacial score (nSPS) is 27.8. The van der Waals surface area contributed by atoms with Gasteiger partial charge in [0, 0.05) is 25.0 Å². The number of carbonyl (C=O) groups excluding carboxylic acids is 1. The number of hydrogen-bond donors (Lipinski definition) is 1. The Bertz CT molecular complexity index is 570. The molecule has 0 aromatic heterocycles. The van der Waals surface area contributed by atoms with Gasteiger partial charge in [-0.05, 0) is 49.9 Å². The molecule has 3 rings (SSSR count). The highest BCUT2D eigenvalue weighted by molar-refractivity contribution is 5.83. The number of nitrogens with one attached hydrogen (secondary N) is 1. The van der Waals surface area contributed by atoms with Gasteiger partial charge in [-0.2, -0.15) is 13.2 Å². The van der Waals surface area contributed by atoms with Gasteiger partial charge in [0.2, 0.25) is 5.91 Å². The van der Waals surface area contributed by atoms with Crippen LogP contribution in [-0.2, 0) is 11.0 Å². The highest BCUT2D eigenvalue weighted by atomic mass is 19.4. The summed E-state index contributed by atoms with van der Waals surface area (Å²) in [7, 11) is 1.90. The van der Waals surface area contributed by atoms with E-state index in [4.69, 9.17) is 0 Å². The van der Waals surface area contributed by atoms with E-state index in [-0.39, 0.29) is 17.7 Å².